The van der Waals surface area contributed by atoms with E-state index >= 15 is 0 Å². The van der Waals surface area contributed by atoms with Crippen molar-refractivity contribution in [2.45, 2.75) is 6.42 Å². The van der Waals surface area contributed by atoms with Crippen molar-refractivity contribution in [2.24, 2.45) is 0 Å². The van der Waals surface area contributed by atoms with Crippen LogP contribution in [0.2, 0.25) is 10.0 Å². The van der Waals surface area contributed by atoms with Gasteiger partial charge in [-0.15, -0.1) is 0 Å². The van der Waals surface area contributed by atoms with Crippen molar-refractivity contribution in [3.05, 3.63) is 154 Å². The quantitative estimate of drug-likeness (QED) is 0.146. The molecule has 0 saturated carbocycles. The van der Waals surface area contributed by atoms with E-state index in [1.54, 1.807) is 48.5 Å². The third kappa shape index (κ3) is 5.66. The van der Waals surface area contributed by atoms with Crippen LogP contribution in [0.1, 0.15) is 31.8 Å². The Morgan fingerprint density at radius 3 is 1.29 bits per heavy atom. The van der Waals surface area contributed by atoms with E-state index in [1.807, 2.05) is 72.8 Å². The summed E-state index contributed by atoms with van der Waals surface area (Å²) < 4.78 is 12.1. The van der Waals surface area contributed by atoms with E-state index in [4.69, 9.17) is 32.7 Å². The van der Waals surface area contributed by atoms with Crippen molar-refractivity contribution in [3.63, 3.8) is 0 Å². The monoisotopic (exact) mass is 576 g/mol. The predicted molar refractivity (Wildman–Crippen MR) is 164 cm³/mol. The summed E-state index contributed by atoms with van der Waals surface area (Å²) >= 11 is 12.0. The van der Waals surface area contributed by atoms with Crippen LogP contribution in [0.3, 0.4) is 0 Å². The molecule has 0 unspecified atom stereocenters. The zero-order valence-corrected chi connectivity index (χ0v) is 23.2. The molecule has 0 aliphatic carbocycles. The van der Waals surface area contributed by atoms with Crippen LogP contribution in [0.4, 0.5) is 0 Å². The molecule has 0 aliphatic heterocycles. The number of ether oxygens (including phenoxy) is 2. The van der Waals surface area contributed by atoms with Crippen LogP contribution in [0.5, 0.6) is 11.5 Å². The molecule has 0 radical (unpaired) electrons. The fourth-order valence-corrected chi connectivity index (χ4v) is 5.03. The van der Waals surface area contributed by atoms with Gasteiger partial charge < -0.3 is 9.47 Å². The lowest BCUT2D eigenvalue weighted by molar-refractivity contribution is 0.0728. The van der Waals surface area contributed by atoms with Crippen LogP contribution in [0, 0.1) is 0 Å². The SMILES string of the molecule is O=C(Oc1c(Cc2ccc3ccccc3c2OC(=O)c2ccc(Cl)cc2)ccc2ccccc12)c1ccc(Cl)cc1. The molecule has 0 aliphatic rings. The molecule has 0 bridgehead atoms. The second-order valence-electron chi connectivity index (χ2n) is 9.52. The Labute approximate surface area is 246 Å². The normalized spacial score (nSPS) is 11.0. The number of fused-ring (bicyclic) bond motifs is 2. The van der Waals surface area contributed by atoms with Gasteiger partial charge in [0.2, 0.25) is 0 Å². The molecule has 41 heavy (non-hydrogen) atoms. The van der Waals surface area contributed by atoms with Crippen molar-refractivity contribution >= 4 is 56.7 Å². The first-order valence-electron chi connectivity index (χ1n) is 12.9. The van der Waals surface area contributed by atoms with Gasteiger partial charge in [-0.05, 0) is 59.3 Å². The first kappa shape index (κ1) is 26.6. The van der Waals surface area contributed by atoms with Crippen LogP contribution in [0.25, 0.3) is 21.5 Å². The topological polar surface area (TPSA) is 52.6 Å². The third-order valence-corrected chi connectivity index (χ3v) is 7.36. The zero-order chi connectivity index (χ0) is 28.3. The number of halogens is 2. The molecule has 6 heteroatoms. The van der Waals surface area contributed by atoms with Gasteiger partial charge in [-0.1, -0.05) is 96.0 Å². The van der Waals surface area contributed by atoms with Gasteiger partial charge in [0.25, 0.3) is 0 Å². The molecule has 4 nitrogen and oxygen atoms in total. The highest BCUT2D eigenvalue weighted by Crippen LogP contribution is 2.37. The van der Waals surface area contributed by atoms with E-state index < -0.39 is 11.9 Å². The molecule has 0 spiro atoms. The van der Waals surface area contributed by atoms with Gasteiger partial charge in [-0.25, -0.2) is 9.59 Å². The Hall–Kier alpha value is -4.64. The number of carbonyl (C=O) groups is 2. The summed E-state index contributed by atoms with van der Waals surface area (Å²) in [5.41, 5.74) is 2.31. The maximum atomic E-state index is 13.2. The number of carbonyl (C=O) groups excluding carboxylic acids is 2. The lowest BCUT2D eigenvalue weighted by Crippen LogP contribution is -2.12. The highest BCUT2D eigenvalue weighted by molar-refractivity contribution is 6.31. The molecule has 0 aromatic heterocycles. The molecule has 6 rings (SSSR count). The van der Waals surface area contributed by atoms with Crippen molar-refractivity contribution in [1.82, 2.24) is 0 Å². The molecular formula is C35H22Cl2O4. The van der Waals surface area contributed by atoms with Crippen molar-refractivity contribution in [2.75, 3.05) is 0 Å². The summed E-state index contributed by atoms with van der Waals surface area (Å²) in [6.45, 7) is 0. The van der Waals surface area contributed by atoms with E-state index in [2.05, 4.69) is 0 Å². The molecule has 200 valence electrons. The first-order valence-corrected chi connectivity index (χ1v) is 13.7. The number of hydrogen-bond donors (Lipinski definition) is 0. The molecular weight excluding hydrogens is 555 g/mol. The third-order valence-electron chi connectivity index (χ3n) is 6.85. The van der Waals surface area contributed by atoms with Crippen molar-refractivity contribution in [3.8, 4) is 11.5 Å². The second-order valence-corrected chi connectivity index (χ2v) is 10.4. The Balaban J connectivity index is 1.43. The highest BCUT2D eigenvalue weighted by atomic mass is 35.5. The fourth-order valence-electron chi connectivity index (χ4n) is 4.78. The van der Waals surface area contributed by atoms with E-state index in [1.165, 1.54) is 0 Å². The lowest BCUT2D eigenvalue weighted by atomic mass is 9.96. The largest absolute Gasteiger partial charge is 0.422 e. The first-order chi connectivity index (χ1) is 20.0. The van der Waals surface area contributed by atoms with Gasteiger partial charge in [0.1, 0.15) is 11.5 Å². The number of benzene rings is 6. The van der Waals surface area contributed by atoms with Crippen LogP contribution < -0.4 is 9.47 Å². The van der Waals surface area contributed by atoms with Gasteiger partial charge in [-0.2, -0.15) is 0 Å². The second kappa shape index (κ2) is 11.5. The Bertz CT molecular complexity index is 1770. The van der Waals surface area contributed by atoms with E-state index in [0.717, 1.165) is 32.7 Å². The summed E-state index contributed by atoms with van der Waals surface area (Å²) in [4.78, 5) is 26.4. The lowest BCUT2D eigenvalue weighted by Gasteiger charge is -2.17. The zero-order valence-electron chi connectivity index (χ0n) is 21.6. The summed E-state index contributed by atoms with van der Waals surface area (Å²) in [7, 11) is 0. The number of hydrogen-bond acceptors (Lipinski definition) is 4. The van der Waals surface area contributed by atoms with Crippen LogP contribution in [0.15, 0.2) is 121 Å². The number of esters is 2. The maximum Gasteiger partial charge on any atom is 0.343 e. The average Bonchev–Trinajstić information content (AvgIpc) is 3.00. The minimum Gasteiger partial charge on any atom is -0.422 e. The van der Waals surface area contributed by atoms with E-state index in [-0.39, 0.29) is 0 Å². The molecule has 0 heterocycles. The van der Waals surface area contributed by atoms with Gasteiger partial charge in [0, 0.05) is 38.4 Å². The van der Waals surface area contributed by atoms with Crippen molar-refractivity contribution in [1.29, 1.82) is 0 Å². The Kier molecular flexibility index (Phi) is 7.43. The van der Waals surface area contributed by atoms with Gasteiger partial charge in [0.05, 0.1) is 11.1 Å². The predicted octanol–water partition coefficient (Wildman–Crippen LogP) is 9.33. The highest BCUT2D eigenvalue weighted by Gasteiger charge is 2.20. The molecule has 6 aromatic rings. The van der Waals surface area contributed by atoms with Gasteiger partial charge in [-0.3, -0.25) is 0 Å². The van der Waals surface area contributed by atoms with E-state index in [9.17, 15) is 9.59 Å². The minimum absolute atomic E-state index is 0.349. The fraction of sp³-hybridized carbons (Fsp3) is 0.0286. The van der Waals surface area contributed by atoms with Crippen LogP contribution >= 0.6 is 23.2 Å². The average molecular weight is 577 g/mol. The smallest absolute Gasteiger partial charge is 0.343 e. The summed E-state index contributed by atoms with van der Waals surface area (Å²) in [5, 5.41) is 4.53. The van der Waals surface area contributed by atoms with Gasteiger partial charge >= 0.3 is 11.9 Å². The molecule has 0 N–H and O–H groups in total. The standard InChI is InChI=1S/C35H22Cl2O4/c36-28-17-13-24(14-18-28)34(38)40-32-26(11-9-22-5-1-3-7-30(22)32)21-27-12-10-23-6-2-4-8-31(23)33(27)41-35(39)25-15-19-29(37)20-16-25/h1-20H,21H2. The van der Waals surface area contributed by atoms with E-state index in [0.29, 0.717) is 39.1 Å². The number of rotatable bonds is 6. The Morgan fingerprint density at radius 2 is 0.878 bits per heavy atom. The minimum atomic E-state index is -0.493. The molecule has 0 amide bonds. The Morgan fingerprint density at radius 1 is 0.488 bits per heavy atom. The maximum absolute atomic E-state index is 13.2. The summed E-state index contributed by atoms with van der Waals surface area (Å²) in [6, 6.07) is 36.4. The molecule has 0 atom stereocenters. The molecule has 6 aromatic carbocycles. The summed E-state index contributed by atoms with van der Waals surface area (Å²) in [5.74, 6) is -0.0864. The van der Waals surface area contributed by atoms with Crippen molar-refractivity contribution < 1.29 is 19.1 Å². The molecule has 0 saturated heterocycles. The summed E-state index contributed by atoms with van der Waals surface area (Å²) in [6.07, 6.45) is 0.349. The van der Waals surface area contributed by atoms with Crippen LogP contribution in [-0.4, -0.2) is 11.9 Å². The molecule has 0 fully saturated rings. The van der Waals surface area contributed by atoms with Crippen LogP contribution in [-0.2, 0) is 6.42 Å². The van der Waals surface area contributed by atoms with Gasteiger partial charge in [0.15, 0.2) is 0 Å².